The highest BCUT2D eigenvalue weighted by Gasteiger charge is 2.31. The van der Waals surface area contributed by atoms with E-state index in [-0.39, 0.29) is 12.3 Å². The summed E-state index contributed by atoms with van der Waals surface area (Å²) in [7, 11) is 0. The molecule has 0 saturated heterocycles. The van der Waals surface area contributed by atoms with Crippen LogP contribution in [0.15, 0.2) is 48.5 Å². The molecule has 0 aliphatic carbocycles. The van der Waals surface area contributed by atoms with Crippen LogP contribution in [0.5, 0.6) is 5.75 Å². The average molecular weight is 292 g/mol. The third kappa shape index (κ3) is 4.42. The molecule has 3 nitrogen and oxygen atoms in total. The SMILES string of the molecule is N#Cc1ccc(NCc2ccccc2OC(F)(F)F)cc1. The van der Waals surface area contributed by atoms with E-state index >= 15 is 0 Å². The second kappa shape index (κ2) is 6.18. The predicted octanol–water partition coefficient (Wildman–Crippen LogP) is 4.07. The molecule has 0 heterocycles. The van der Waals surface area contributed by atoms with E-state index < -0.39 is 6.36 Å². The van der Waals surface area contributed by atoms with Gasteiger partial charge in [0, 0.05) is 17.8 Å². The molecule has 1 N–H and O–H groups in total. The standard InChI is InChI=1S/C15H11F3N2O/c16-15(17,18)21-14-4-2-1-3-12(14)10-20-13-7-5-11(9-19)6-8-13/h1-8,20H,10H2. The first-order chi connectivity index (χ1) is 9.98. The highest BCUT2D eigenvalue weighted by Crippen LogP contribution is 2.26. The third-order valence-corrected chi connectivity index (χ3v) is 2.70. The molecule has 0 radical (unpaired) electrons. The number of nitrogens with zero attached hydrogens (tertiary/aromatic N) is 1. The van der Waals surface area contributed by atoms with Gasteiger partial charge in [-0.05, 0) is 30.3 Å². The van der Waals surface area contributed by atoms with E-state index in [2.05, 4.69) is 10.1 Å². The number of nitriles is 1. The van der Waals surface area contributed by atoms with Gasteiger partial charge in [-0.1, -0.05) is 18.2 Å². The van der Waals surface area contributed by atoms with E-state index in [0.717, 1.165) is 0 Å². The van der Waals surface area contributed by atoms with Gasteiger partial charge in [-0.15, -0.1) is 13.2 Å². The maximum atomic E-state index is 12.3. The largest absolute Gasteiger partial charge is 0.573 e. The van der Waals surface area contributed by atoms with Crippen molar-refractivity contribution in [1.29, 1.82) is 5.26 Å². The summed E-state index contributed by atoms with van der Waals surface area (Å²) in [5.74, 6) is -0.230. The van der Waals surface area contributed by atoms with Gasteiger partial charge in [0.15, 0.2) is 0 Å². The Kier molecular flexibility index (Phi) is 4.33. The van der Waals surface area contributed by atoms with Gasteiger partial charge in [-0.2, -0.15) is 5.26 Å². The van der Waals surface area contributed by atoms with Gasteiger partial charge < -0.3 is 10.1 Å². The Balaban J connectivity index is 2.07. The molecule has 0 aliphatic heterocycles. The summed E-state index contributed by atoms with van der Waals surface area (Å²) in [5.41, 5.74) is 1.61. The molecule has 0 aromatic heterocycles. The minimum Gasteiger partial charge on any atom is -0.405 e. The third-order valence-electron chi connectivity index (χ3n) is 2.70. The van der Waals surface area contributed by atoms with Crippen molar-refractivity contribution in [3.05, 3.63) is 59.7 Å². The summed E-state index contributed by atoms with van der Waals surface area (Å²) in [6.07, 6.45) is -4.72. The number of benzene rings is 2. The second-order valence-corrected chi connectivity index (χ2v) is 4.20. The first-order valence-corrected chi connectivity index (χ1v) is 6.05. The van der Waals surface area contributed by atoms with Crippen LogP contribution < -0.4 is 10.1 Å². The number of alkyl halides is 3. The zero-order chi connectivity index (χ0) is 15.3. The fraction of sp³-hybridized carbons (Fsp3) is 0.133. The van der Waals surface area contributed by atoms with Crippen LogP contribution >= 0.6 is 0 Å². The molecular formula is C15H11F3N2O. The average Bonchev–Trinajstić information content (AvgIpc) is 2.45. The Morgan fingerprint density at radius 2 is 1.71 bits per heavy atom. The molecule has 21 heavy (non-hydrogen) atoms. The fourth-order valence-corrected chi connectivity index (χ4v) is 1.73. The second-order valence-electron chi connectivity index (χ2n) is 4.20. The number of hydrogen-bond acceptors (Lipinski definition) is 3. The van der Waals surface area contributed by atoms with E-state index in [1.807, 2.05) is 6.07 Å². The van der Waals surface area contributed by atoms with E-state index in [0.29, 0.717) is 16.8 Å². The molecule has 2 aromatic carbocycles. The van der Waals surface area contributed by atoms with Crippen molar-refractivity contribution in [2.24, 2.45) is 0 Å². The van der Waals surface area contributed by atoms with E-state index in [9.17, 15) is 13.2 Å². The lowest BCUT2D eigenvalue weighted by Crippen LogP contribution is -2.18. The number of rotatable bonds is 4. The fourth-order valence-electron chi connectivity index (χ4n) is 1.73. The van der Waals surface area contributed by atoms with Crippen molar-refractivity contribution < 1.29 is 17.9 Å². The molecule has 0 saturated carbocycles. The zero-order valence-electron chi connectivity index (χ0n) is 10.8. The van der Waals surface area contributed by atoms with Gasteiger partial charge in [0.1, 0.15) is 5.75 Å². The first kappa shape index (κ1) is 14.7. The minimum absolute atomic E-state index is 0.179. The van der Waals surface area contributed by atoms with Crippen LogP contribution in [0.2, 0.25) is 0 Å². The van der Waals surface area contributed by atoms with Crippen LogP contribution in [0.1, 0.15) is 11.1 Å². The molecule has 0 amide bonds. The number of ether oxygens (including phenoxy) is 1. The summed E-state index contributed by atoms with van der Waals surface area (Å²) in [4.78, 5) is 0. The van der Waals surface area contributed by atoms with E-state index in [1.165, 1.54) is 12.1 Å². The summed E-state index contributed by atoms with van der Waals surface area (Å²) >= 11 is 0. The predicted molar refractivity (Wildman–Crippen MR) is 71.6 cm³/mol. The molecule has 0 bridgehead atoms. The number of halogens is 3. The highest BCUT2D eigenvalue weighted by molar-refractivity contribution is 5.48. The molecule has 0 spiro atoms. The first-order valence-electron chi connectivity index (χ1n) is 6.05. The lowest BCUT2D eigenvalue weighted by atomic mass is 10.2. The van der Waals surface area contributed by atoms with Crippen LogP contribution in [0.25, 0.3) is 0 Å². The topological polar surface area (TPSA) is 45.0 Å². The summed E-state index contributed by atoms with van der Waals surface area (Å²) in [5, 5.41) is 11.7. The van der Waals surface area contributed by atoms with Crippen molar-refractivity contribution in [2.45, 2.75) is 12.9 Å². The van der Waals surface area contributed by atoms with Gasteiger partial charge >= 0.3 is 6.36 Å². The summed E-state index contributed by atoms with van der Waals surface area (Å²) in [6.45, 7) is 0.179. The number of anilines is 1. The molecule has 0 atom stereocenters. The monoisotopic (exact) mass is 292 g/mol. The van der Waals surface area contributed by atoms with Gasteiger partial charge in [0.2, 0.25) is 0 Å². The maximum Gasteiger partial charge on any atom is 0.573 e. The Morgan fingerprint density at radius 3 is 2.33 bits per heavy atom. The van der Waals surface area contributed by atoms with E-state index in [4.69, 9.17) is 5.26 Å². The molecular weight excluding hydrogens is 281 g/mol. The molecule has 2 rings (SSSR count). The van der Waals surface area contributed by atoms with Gasteiger partial charge in [0.25, 0.3) is 0 Å². The van der Waals surface area contributed by atoms with Gasteiger partial charge in [0.05, 0.1) is 11.6 Å². The minimum atomic E-state index is -4.72. The zero-order valence-corrected chi connectivity index (χ0v) is 10.8. The molecule has 108 valence electrons. The lowest BCUT2D eigenvalue weighted by molar-refractivity contribution is -0.274. The molecule has 0 unspecified atom stereocenters. The smallest absolute Gasteiger partial charge is 0.405 e. The molecule has 0 aliphatic rings. The van der Waals surface area contributed by atoms with Crippen LogP contribution in [-0.2, 0) is 6.54 Å². The lowest BCUT2D eigenvalue weighted by Gasteiger charge is -2.14. The summed E-state index contributed by atoms with van der Waals surface area (Å²) < 4.78 is 40.9. The quantitative estimate of drug-likeness (QED) is 0.924. The molecule has 0 fully saturated rings. The van der Waals surface area contributed by atoms with Crippen LogP contribution in [0.4, 0.5) is 18.9 Å². The van der Waals surface area contributed by atoms with Crippen LogP contribution in [-0.4, -0.2) is 6.36 Å². The van der Waals surface area contributed by atoms with Crippen molar-refractivity contribution >= 4 is 5.69 Å². The number of nitrogens with one attached hydrogen (secondary N) is 1. The van der Waals surface area contributed by atoms with Crippen LogP contribution in [0, 0.1) is 11.3 Å². The molecule has 2 aromatic rings. The Bertz CT molecular complexity index is 645. The van der Waals surface area contributed by atoms with Crippen molar-refractivity contribution in [3.8, 4) is 11.8 Å². The van der Waals surface area contributed by atoms with Gasteiger partial charge in [-0.25, -0.2) is 0 Å². The van der Waals surface area contributed by atoms with Crippen molar-refractivity contribution in [1.82, 2.24) is 0 Å². The Hall–Kier alpha value is -2.68. The highest BCUT2D eigenvalue weighted by atomic mass is 19.4. The Labute approximate surface area is 119 Å². The normalized spacial score (nSPS) is 10.8. The Morgan fingerprint density at radius 1 is 1.05 bits per heavy atom. The number of para-hydroxylation sites is 1. The van der Waals surface area contributed by atoms with E-state index in [1.54, 1.807) is 36.4 Å². The van der Waals surface area contributed by atoms with Crippen molar-refractivity contribution in [2.75, 3.05) is 5.32 Å². The van der Waals surface area contributed by atoms with Crippen LogP contribution in [0.3, 0.4) is 0 Å². The van der Waals surface area contributed by atoms with Gasteiger partial charge in [-0.3, -0.25) is 0 Å². The van der Waals surface area contributed by atoms with Crippen molar-refractivity contribution in [3.63, 3.8) is 0 Å². The maximum absolute atomic E-state index is 12.3. The number of hydrogen-bond donors (Lipinski definition) is 1. The summed E-state index contributed by atoms with van der Waals surface area (Å²) in [6, 6.07) is 14.6. The molecule has 6 heteroatoms.